The topological polar surface area (TPSA) is 9.23 Å². The van der Waals surface area contributed by atoms with Gasteiger partial charge in [0.15, 0.2) is 0 Å². The van der Waals surface area contributed by atoms with E-state index in [9.17, 15) is 0 Å². The Hall–Kier alpha value is -0.220. The number of methoxy groups -OCH3 is 1. The average molecular weight is 352 g/mol. The van der Waals surface area contributed by atoms with Crippen LogP contribution in [0, 0.1) is 0 Å². The highest BCUT2D eigenvalue weighted by Crippen LogP contribution is 2.39. The molecule has 0 aliphatic carbocycles. The van der Waals surface area contributed by atoms with E-state index < -0.39 is 0 Å². The minimum atomic E-state index is -0.201. The lowest BCUT2D eigenvalue weighted by Crippen LogP contribution is -1.92. The van der Waals surface area contributed by atoms with Gasteiger partial charge in [-0.2, -0.15) is 0 Å². The third-order valence-electron chi connectivity index (χ3n) is 2.32. The maximum atomic E-state index is 6.43. The zero-order chi connectivity index (χ0) is 12.4. The van der Waals surface area contributed by atoms with E-state index in [4.69, 9.17) is 27.9 Å². The molecule has 0 saturated carbocycles. The van der Waals surface area contributed by atoms with Crippen molar-refractivity contribution in [1.82, 2.24) is 0 Å². The van der Waals surface area contributed by atoms with Crippen molar-refractivity contribution in [3.63, 3.8) is 0 Å². The maximum absolute atomic E-state index is 6.43. The zero-order valence-electron chi connectivity index (χ0n) is 8.91. The van der Waals surface area contributed by atoms with Gasteiger partial charge in [0.1, 0.15) is 5.75 Å². The fourth-order valence-corrected chi connectivity index (χ4v) is 3.63. The summed E-state index contributed by atoms with van der Waals surface area (Å²) >= 11 is 17.3. The molecule has 0 fully saturated rings. The van der Waals surface area contributed by atoms with Crippen LogP contribution in [0.3, 0.4) is 0 Å². The van der Waals surface area contributed by atoms with Gasteiger partial charge in [-0.25, -0.2) is 0 Å². The Labute approximate surface area is 122 Å². The molecule has 1 nitrogen and oxygen atoms in total. The van der Waals surface area contributed by atoms with Crippen LogP contribution in [-0.2, 0) is 0 Å². The molecule has 1 aromatic carbocycles. The van der Waals surface area contributed by atoms with Crippen molar-refractivity contribution in [3.8, 4) is 5.75 Å². The van der Waals surface area contributed by atoms with Crippen LogP contribution >= 0.6 is 50.5 Å². The maximum Gasteiger partial charge on any atom is 0.120 e. The highest BCUT2D eigenvalue weighted by atomic mass is 79.9. The monoisotopic (exact) mass is 350 g/mol. The standard InChI is InChI=1S/C12H9BrCl2OS/c1-16-7-2-3-8(9(13)6-7)12(15)10-4-5-11(14)17-10/h2-6,12H,1H3. The van der Waals surface area contributed by atoms with E-state index in [1.165, 1.54) is 11.3 Å². The molecular formula is C12H9BrCl2OS. The van der Waals surface area contributed by atoms with Crippen molar-refractivity contribution in [1.29, 1.82) is 0 Å². The fourth-order valence-electron chi connectivity index (χ4n) is 1.46. The highest BCUT2D eigenvalue weighted by Gasteiger charge is 2.16. The molecule has 1 unspecified atom stereocenters. The van der Waals surface area contributed by atoms with E-state index in [1.54, 1.807) is 7.11 Å². The van der Waals surface area contributed by atoms with Crippen LogP contribution in [0.2, 0.25) is 4.34 Å². The summed E-state index contributed by atoms with van der Waals surface area (Å²) in [4.78, 5) is 1.03. The molecule has 1 atom stereocenters. The van der Waals surface area contributed by atoms with Gasteiger partial charge in [-0.15, -0.1) is 22.9 Å². The van der Waals surface area contributed by atoms with E-state index in [1.807, 2.05) is 30.3 Å². The van der Waals surface area contributed by atoms with Gasteiger partial charge in [0.2, 0.25) is 0 Å². The van der Waals surface area contributed by atoms with E-state index in [0.29, 0.717) is 0 Å². The smallest absolute Gasteiger partial charge is 0.120 e. The van der Waals surface area contributed by atoms with Gasteiger partial charge in [0, 0.05) is 9.35 Å². The molecule has 0 saturated heterocycles. The lowest BCUT2D eigenvalue weighted by atomic mass is 10.1. The highest BCUT2D eigenvalue weighted by molar-refractivity contribution is 9.10. The van der Waals surface area contributed by atoms with Crippen LogP contribution in [0.15, 0.2) is 34.8 Å². The number of hydrogen-bond acceptors (Lipinski definition) is 2. The first-order valence-corrected chi connectivity index (χ1v) is 7.27. The molecule has 0 N–H and O–H groups in total. The molecule has 17 heavy (non-hydrogen) atoms. The molecule has 90 valence electrons. The van der Waals surface area contributed by atoms with Crippen LogP contribution in [0.1, 0.15) is 15.8 Å². The summed E-state index contributed by atoms with van der Waals surface area (Å²) in [5.41, 5.74) is 1.01. The molecule has 1 aromatic heterocycles. The molecule has 2 rings (SSSR count). The van der Waals surface area contributed by atoms with Gasteiger partial charge in [0.25, 0.3) is 0 Å². The number of rotatable bonds is 3. The summed E-state index contributed by atoms with van der Waals surface area (Å²) in [5.74, 6) is 0.800. The van der Waals surface area contributed by atoms with Crippen molar-refractivity contribution in [2.24, 2.45) is 0 Å². The van der Waals surface area contributed by atoms with Gasteiger partial charge in [-0.3, -0.25) is 0 Å². The summed E-state index contributed by atoms with van der Waals surface area (Å²) in [7, 11) is 1.64. The second-order valence-electron chi connectivity index (χ2n) is 3.39. The first kappa shape index (κ1) is 13.2. The Bertz CT molecular complexity index is 527. The van der Waals surface area contributed by atoms with E-state index in [-0.39, 0.29) is 5.38 Å². The lowest BCUT2D eigenvalue weighted by molar-refractivity contribution is 0.414. The second kappa shape index (κ2) is 5.61. The number of ether oxygens (including phenoxy) is 1. The van der Waals surface area contributed by atoms with Crippen molar-refractivity contribution in [2.75, 3.05) is 7.11 Å². The molecule has 1 heterocycles. The molecule has 0 radical (unpaired) electrons. The largest absolute Gasteiger partial charge is 0.497 e. The number of alkyl halides is 1. The molecule has 0 spiro atoms. The Morgan fingerprint density at radius 2 is 2.06 bits per heavy atom. The fraction of sp³-hybridized carbons (Fsp3) is 0.167. The normalized spacial score (nSPS) is 12.5. The average Bonchev–Trinajstić information content (AvgIpc) is 2.75. The van der Waals surface area contributed by atoms with Crippen molar-refractivity contribution < 1.29 is 4.74 Å². The van der Waals surface area contributed by atoms with Gasteiger partial charge >= 0.3 is 0 Å². The third-order valence-corrected chi connectivity index (χ3v) is 4.91. The Balaban J connectivity index is 2.34. The number of hydrogen-bond donors (Lipinski definition) is 0. The molecular weight excluding hydrogens is 343 g/mol. The molecule has 2 aromatic rings. The van der Waals surface area contributed by atoms with Crippen LogP contribution in [0.25, 0.3) is 0 Å². The zero-order valence-corrected chi connectivity index (χ0v) is 12.8. The minimum absolute atomic E-state index is 0.201. The van der Waals surface area contributed by atoms with E-state index >= 15 is 0 Å². The van der Waals surface area contributed by atoms with Gasteiger partial charge in [-0.05, 0) is 29.8 Å². The minimum Gasteiger partial charge on any atom is -0.497 e. The van der Waals surface area contributed by atoms with Crippen LogP contribution in [0.4, 0.5) is 0 Å². The number of thiophene rings is 1. The SMILES string of the molecule is COc1ccc(C(Cl)c2ccc(Cl)s2)c(Br)c1. The number of benzene rings is 1. The second-order valence-corrected chi connectivity index (χ2v) is 6.43. The third kappa shape index (κ3) is 2.97. The Morgan fingerprint density at radius 1 is 1.29 bits per heavy atom. The first-order chi connectivity index (χ1) is 8.11. The first-order valence-electron chi connectivity index (χ1n) is 4.84. The predicted molar refractivity (Wildman–Crippen MR) is 77.7 cm³/mol. The molecule has 0 aliphatic heterocycles. The van der Waals surface area contributed by atoms with Crippen molar-refractivity contribution in [3.05, 3.63) is 49.6 Å². The quantitative estimate of drug-likeness (QED) is 0.663. The predicted octanol–water partition coefficient (Wildman–Crippen LogP) is 5.50. The van der Waals surface area contributed by atoms with Gasteiger partial charge in [-0.1, -0.05) is 33.6 Å². The summed E-state index contributed by atoms with van der Waals surface area (Å²) in [6.45, 7) is 0. The summed E-state index contributed by atoms with van der Waals surface area (Å²) in [6, 6.07) is 9.55. The Morgan fingerprint density at radius 3 is 2.59 bits per heavy atom. The van der Waals surface area contributed by atoms with E-state index in [0.717, 1.165) is 25.0 Å². The lowest BCUT2D eigenvalue weighted by Gasteiger charge is -2.11. The molecule has 0 aliphatic rings. The molecule has 0 amide bonds. The summed E-state index contributed by atoms with van der Waals surface area (Å²) in [5, 5.41) is -0.201. The summed E-state index contributed by atoms with van der Waals surface area (Å²) < 4.78 is 6.83. The van der Waals surface area contributed by atoms with Crippen LogP contribution in [0.5, 0.6) is 5.75 Å². The number of halogens is 3. The van der Waals surface area contributed by atoms with Crippen LogP contribution in [-0.4, -0.2) is 7.11 Å². The Kier molecular flexibility index (Phi) is 4.36. The van der Waals surface area contributed by atoms with Gasteiger partial charge in [0.05, 0.1) is 16.8 Å². The molecule has 0 bridgehead atoms. The molecule has 5 heteroatoms. The van der Waals surface area contributed by atoms with E-state index in [2.05, 4.69) is 15.9 Å². The summed E-state index contributed by atoms with van der Waals surface area (Å²) in [6.07, 6.45) is 0. The van der Waals surface area contributed by atoms with Gasteiger partial charge < -0.3 is 4.74 Å². The van der Waals surface area contributed by atoms with Crippen molar-refractivity contribution in [2.45, 2.75) is 5.38 Å². The van der Waals surface area contributed by atoms with Crippen LogP contribution < -0.4 is 4.74 Å². The van der Waals surface area contributed by atoms with Crippen molar-refractivity contribution >= 4 is 50.5 Å².